The van der Waals surface area contributed by atoms with Crippen molar-refractivity contribution in [2.75, 3.05) is 0 Å². The molecule has 2 heteroatoms. The molecule has 2 fully saturated rings. The molecule has 0 spiro atoms. The fraction of sp³-hybridized carbons (Fsp3) is 0.684. The van der Waals surface area contributed by atoms with Crippen LogP contribution in [-0.4, -0.2) is 0 Å². The lowest BCUT2D eigenvalue weighted by atomic mass is 9.65. The fourth-order valence-electron chi connectivity index (χ4n) is 4.67. The summed E-state index contributed by atoms with van der Waals surface area (Å²) < 4.78 is 0. The van der Waals surface area contributed by atoms with Crippen LogP contribution in [0, 0.1) is 31.6 Å². The second-order valence-corrected chi connectivity index (χ2v) is 7.37. The molecular weight excluding hydrogens is 256 g/mol. The SMILES string of the molecule is Cc1ccc(C(NN)C2CCC3CCCCC3C2)cc1C. The number of benzene rings is 1. The highest BCUT2D eigenvalue weighted by Gasteiger charge is 2.35. The first kappa shape index (κ1) is 15.1. The van der Waals surface area contributed by atoms with Gasteiger partial charge < -0.3 is 0 Å². The van der Waals surface area contributed by atoms with Crippen molar-refractivity contribution in [2.24, 2.45) is 23.6 Å². The molecule has 0 amide bonds. The molecule has 21 heavy (non-hydrogen) atoms. The van der Waals surface area contributed by atoms with Crippen LogP contribution in [0.1, 0.15) is 67.7 Å². The van der Waals surface area contributed by atoms with E-state index in [9.17, 15) is 0 Å². The second-order valence-electron chi connectivity index (χ2n) is 7.37. The average molecular weight is 286 g/mol. The van der Waals surface area contributed by atoms with Crippen LogP contribution in [-0.2, 0) is 0 Å². The van der Waals surface area contributed by atoms with E-state index in [1.165, 1.54) is 61.6 Å². The molecule has 0 radical (unpaired) electrons. The van der Waals surface area contributed by atoms with Crippen LogP contribution in [0.15, 0.2) is 18.2 Å². The van der Waals surface area contributed by atoms with Crippen LogP contribution in [0.5, 0.6) is 0 Å². The van der Waals surface area contributed by atoms with Crippen LogP contribution >= 0.6 is 0 Å². The lowest BCUT2D eigenvalue weighted by Crippen LogP contribution is -2.38. The largest absolute Gasteiger partial charge is 0.271 e. The number of hydrogen-bond acceptors (Lipinski definition) is 2. The third-order valence-corrected chi connectivity index (χ3v) is 6.12. The molecule has 116 valence electrons. The van der Waals surface area contributed by atoms with E-state index in [1.54, 1.807) is 0 Å². The van der Waals surface area contributed by atoms with Gasteiger partial charge in [-0.1, -0.05) is 43.9 Å². The summed E-state index contributed by atoms with van der Waals surface area (Å²) in [4.78, 5) is 0. The molecule has 2 aliphatic rings. The molecule has 3 N–H and O–H groups in total. The number of fused-ring (bicyclic) bond motifs is 1. The number of rotatable bonds is 3. The Kier molecular flexibility index (Phi) is 4.66. The van der Waals surface area contributed by atoms with E-state index < -0.39 is 0 Å². The van der Waals surface area contributed by atoms with Crippen LogP contribution < -0.4 is 11.3 Å². The predicted octanol–water partition coefficient (Wildman–Crippen LogP) is 4.41. The third kappa shape index (κ3) is 3.17. The zero-order chi connectivity index (χ0) is 14.8. The highest BCUT2D eigenvalue weighted by molar-refractivity contribution is 5.32. The van der Waals surface area contributed by atoms with E-state index in [2.05, 4.69) is 37.5 Å². The lowest BCUT2D eigenvalue weighted by Gasteiger charge is -2.42. The highest BCUT2D eigenvalue weighted by Crippen LogP contribution is 2.46. The Labute approximate surface area is 129 Å². The average Bonchev–Trinajstić information content (AvgIpc) is 2.51. The molecule has 2 nitrogen and oxygen atoms in total. The molecule has 4 unspecified atom stereocenters. The topological polar surface area (TPSA) is 38.0 Å². The van der Waals surface area contributed by atoms with E-state index in [0.717, 1.165) is 11.8 Å². The summed E-state index contributed by atoms with van der Waals surface area (Å²) in [5.74, 6) is 8.61. The molecule has 0 heterocycles. The molecule has 4 atom stereocenters. The summed E-state index contributed by atoms with van der Waals surface area (Å²) in [6.07, 6.45) is 9.95. The minimum Gasteiger partial charge on any atom is -0.271 e. The van der Waals surface area contributed by atoms with Gasteiger partial charge in [0.05, 0.1) is 0 Å². The van der Waals surface area contributed by atoms with Crippen molar-refractivity contribution >= 4 is 0 Å². The maximum absolute atomic E-state index is 5.94. The maximum Gasteiger partial charge on any atom is 0.0488 e. The quantitative estimate of drug-likeness (QED) is 0.638. The van der Waals surface area contributed by atoms with Gasteiger partial charge in [-0.25, -0.2) is 0 Å². The van der Waals surface area contributed by atoms with Gasteiger partial charge >= 0.3 is 0 Å². The van der Waals surface area contributed by atoms with Crippen LogP contribution in [0.25, 0.3) is 0 Å². The Morgan fingerprint density at radius 2 is 1.76 bits per heavy atom. The third-order valence-electron chi connectivity index (χ3n) is 6.12. The maximum atomic E-state index is 5.94. The monoisotopic (exact) mass is 286 g/mol. The fourth-order valence-corrected chi connectivity index (χ4v) is 4.67. The standard InChI is InChI=1S/C19H30N2/c1-13-7-8-17(11-14(13)2)19(21-20)18-10-9-15-5-3-4-6-16(15)12-18/h7-8,11,15-16,18-19,21H,3-6,9-10,12,20H2,1-2H3. The van der Waals surface area contributed by atoms with Crippen LogP contribution in [0.3, 0.4) is 0 Å². The molecule has 2 aliphatic carbocycles. The molecule has 0 saturated heterocycles. The summed E-state index contributed by atoms with van der Waals surface area (Å²) in [5, 5.41) is 0. The number of nitrogens with two attached hydrogens (primary N) is 1. The van der Waals surface area contributed by atoms with Gasteiger partial charge in [-0.3, -0.25) is 11.3 Å². The van der Waals surface area contributed by atoms with Crippen molar-refractivity contribution in [3.63, 3.8) is 0 Å². The van der Waals surface area contributed by atoms with Crippen molar-refractivity contribution in [1.29, 1.82) is 0 Å². The van der Waals surface area contributed by atoms with Gasteiger partial charge in [0, 0.05) is 6.04 Å². The van der Waals surface area contributed by atoms with E-state index in [0.29, 0.717) is 12.0 Å². The Bertz CT molecular complexity index is 482. The van der Waals surface area contributed by atoms with Crippen LogP contribution in [0.4, 0.5) is 0 Å². The lowest BCUT2D eigenvalue weighted by molar-refractivity contribution is 0.109. The Morgan fingerprint density at radius 1 is 1.00 bits per heavy atom. The zero-order valence-corrected chi connectivity index (χ0v) is 13.6. The first-order chi connectivity index (χ1) is 10.2. The van der Waals surface area contributed by atoms with E-state index in [1.807, 2.05) is 0 Å². The first-order valence-corrected chi connectivity index (χ1v) is 8.72. The Balaban J connectivity index is 1.75. The van der Waals surface area contributed by atoms with Crippen LogP contribution in [0.2, 0.25) is 0 Å². The van der Waals surface area contributed by atoms with Gasteiger partial charge in [0.15, 0.2) is 0 Å². The van der Waals surface area contributed by atoms with E-state index in [4.69, 9.17) is 5.84 Å². The molecule has 0 bridgehead atoms. The van der Waals surface area contributed by atoms with Gasteiger partial charge in [0.2, 0.25) is 0 Å². The van der Waals surface area contributed by atoms with E-state index in [-0.39, 0.29) is 0 Å². The molecule has 0 aromatic heterocycles. The van der Waals surface area contributed by atoms with Crippen molar-refractivity contribution in [1.82, 2.24) is 5.43 Å². The summed E-state index contributed by atoms with van der Waals surface area (Å²) in [7, 11) is 0. The highest BCUT2D eigenvalue weighted by atomic mass is 15.2. The molecular formula is C19H30N2. The van der Waals surface area contributed by atoms with Gasteiger partial charge in [-0.2, -0.15) is 0 Å². The van der Waals surface area contributed by atoms with Gasteiger partial charge in [0.25, 0.3) is 0 Å². The van der Waals surface area contributed by atoms with Gasteiger partial charge in [-0.05, 0) is 67.6 Å². The van der Waals surface area contributed by atoms with Crippen molar-refractivity contribution in [3.05, 3.63) is 34.9 Å². The number of hydrogen-bond donors (Lipinski definition) is 2. The minimum absolute atomic E-state index is 0.326. The number of nitrogens with one attached hydrogen (secondary N) is 1. The molecule has 1 aromatic rings. The predicted molar refractivity (Wildman–Crippen MR) is 88.8 cm³/mol. The van der Waals surface area contributed by atoms with E-state index >= 15 is 0 Å². The van der Waals surface area contributed by atoms with Gasteiger partial charge in [-0.15, -0.1) is 0 Å². The zero-order valence-electron chi connectivity index (χ0n) is 13.6. The molecule has 2 saturated carbocycles. The summed E-state index contributed by atoms with van der Waals surface area (Å²) >= 11 is 0. The van der Waals surface area contributed by atoms with Crippen molar-refractivity contribution in [3.8, 4) is 0 Å². The first-order valence-electron chi connectivity index (χ1n) is 8.72. The smallest absolute Gasteiger partial charge is 0.0488 e. The normalized spacial score (nSPS) is 30.7. The number of aryl methyl sites for hydroxylation is 2. The van der Waals surface area contributed by atoms with Gasteiger partial charge in [0.1, 0.15) is 0 Å². The molecule has 3 rings (SSSR count). The summed E-state index contributed by atoms with van der Waals surface area (Å²) in [6, 6.07) is 7.15. The minimum atomic E-state index is 0.326. The molecule has 1 aromatic carbocycles. The Morgan fingerprint density at radius 3 is 2.48 bits per heavy atom. The Hall–Kier alpha value is -0.860. The second kappa shape index (κ2) is 6.50. The summed E-state index contributed by atoms with van der Waals surface area (Å²) in [5.41, 5.74) is 7.25. The van der Waals surface area contributed by atoms with Crippen molar-refractivity contribution < 1.29 is 0 Å². The number of hydrazine groups is 1. The molecule has 0 aliphatic heterocycles. The summed E-state index contributed by atoms with van der Waals surface area (Å²) in [6.45, 7) is 4.38. The van der Waals surface area contributed by atoms with Crippen molar-refractivity contribution in [2.45, 2.75) is 64.8 Å².